The molecule has 0 saturated heterocycles. The van der Waals surface area contributed by atoms with Crippen LogP contribution in [0.15, 0.2) is 36.5 Å². The van der Waals surface area contributed by atoms with Crippen molar-refractivity contribution in [2.75, 3.05) is 5.32 Å². The van der Waals surface area contributed by atoms with Gasteiger partial charge in [0, 0.05) is 0 Å². The third-order valence-corrected chi connectivity index (χ3v) is 2.75. The van der Waals surface area contributed by atoms with Gasteiger partial charge in [-0.2, -0.15) is 13.2 Å². The smallest absolute Gasteiger partial charge is 0.320 e. The van der Waals surface area contributed by atoms with Crippen LogP contribution in [-0.4, -0.2) is 10.9 Å². The molecule has 8 heteroatoms. The molecule has 110 valence electrons. The molecule has 0 bridgehead atoms. The van der Waals surface area contributed by atoms with E-state index in [9.17, 15) is 22.4 Å². The molecular weight excluding hydrogens is 312 g/mol. The lowest BCUT2D eigenvalue weighted by Gasteiger charge is -2.10. The number of nitrogens with one attached hydrogen (secondary N) is 1. The van der Waals surface area contributed by atoms with Crippen LogP contribution in [0.3, 0.4) is 0 Å². The van der Waals surface area contributed by atoms with E-state index in [-0.39, 0.29) is 10.8 Å². The molecule has 1 amide bonds. The van der Waals surface area contributed by atoms with Crippen LogP contribution in [0.2, 0.25) is 5.15 Å². The lowest BCUT2D eigenvalue weighted by atomic mass is 10.1. The van der Waals surface area contributed by atoms with Crippen LogP contribution in [0.25, 0.3) is 0 Å². The average molecular weight is 319 g/mol. The number of rotatable bonds is 2. The number of alkyl halides is 3. The Morgan fingerprint density at radius 1 is 1.19 bits per heavy atom. The van der Waals surface area contributed by atoms with Crippen LogP contribution in [-0.2, 0) is 6.18 Å². The summed E-state index contributed by atoms with van der Waals surface area (Å²) in [6, 6.07) is 4.38. The van der Waals surface area contributed by atoms with E-state index in [4.69, 9.17) is 11.6 Å². The van der Waals surface area contributed by atoms with Crippen molar-refractivity contribution < 1.29 is 22.4 Å². The van der Waals surface area contributed by atoms with Crippen molar-refractivity contribution in [1.82, 2.24) is 4.98 Å². The molecule has 1 heterocycles. The second-order valence-corrected chi connectivity index (χ2v) is 4.40. The third-order valence-electron chi connectivity index (χ3n) is 2.52. The van der Waals surface area contributed by atoms with Gasteiger partial charge in [0.25, 0.3) is 5.91 Å². The normalized spacial score (nSPS) is 11.3. The van der Waals surface area contributed by atoms with Gasteiger partial charge in [-0.25, -0.2) is 9.37 Å². The highest BCUT2D eigenvalue weighted by atomic mass is 35.5. The van der Waals surface area contributed by atoms with Crippen LogP contribution in [0.5, 0.6) is 0 Å². The Balaban J connectivity index is 2.28. The Kier molecular flexibility index (Phi) is 4.13. The van der Waals surface area contributed by atoms with Crippen molar-refractivity contribution in [2.24, 2.45) is 0 Å². The second-order valence-electron chi connectivity index (χ2n) is 4.02. The molecule has 0 radical (unpaired) electrons. The summed E-state index contributed by atoms with van der Waals surface area (Å²) in [7, 11) is 0. The maximum Gasteiger partial charge on any atom is 0.416 e. The predicted octanol–water partition coefficient (Wildman–Crippen LogP) is 4.15. The first-order valence-electron chi connectivity index (χ1n) is 5.57. The number of carbonyl (C=O) groups excluding carboxylic acids is 1. The summed E-state index contributed by atoms with van der Waals surface area (Å²) in [5.74, 6) is -2.06. The molecule has 0 fully saturated rings. The van der Waals surface area contributed by atoms with Gasteiger partial charge in [-0.05, 0) is 30.3 Å². The highest BCUT2D eigenvalue weighted by molar-refractivity contribution is 6.29. The van der Waals surface area contributed by atoms with Crippen molar-refractivity contribution in [3.8, 4) is 0 Å². The zero-order valence-corrected chi connectivity index (χ0v) is 11.0. The van der Waals surface area contributed by atoms with Gasteiger partial charge in [-0.15, -0.1) is 0 Å². The maximum absolute atomic E-state index is 13.5. The number of halogens is 5. The molecule has 2 aromatic rings. The van der Waals surface area contributed by atoms with Crippen LogP contribution in [0.1, 0.15) is 15.9 Å². The SMILES string of the molecule is O=C(Nc1ccc(Cl)nc1)c1cc(C(F)(F)F)ccc1F. The number of pyridine rings is 1. The fraction of sp³-hybridized carbons (Fsp3) is 0.0769. The Bertz CT molecular complexity index is 671. The van der Waals surface area contributed by atoms with E-state index < -0.39 is 29.0 Å². The van der Waals surface area contributed by atoms with E-state index in [1.165, 1.54) is 18.3 Å². The molecule has 3 nitrogen and oxygen atoms in total. The number of hydrogen-bond acceptors (Lipinski definition) is 2. The summed E-state index contributed by atoms with van der Waals surface area (Å²) in [5.41, 5.74) is -1.63. The van der Waals surface area contributed by atoms with Crippen molar-refractivity contribution in [3.63, 3.8) is 0 Å². The predicted molar refractivity (Wildman–Crippen MR) is 68.6 cm³/mol. The van der Waals surface area contributed by atoms with E-state index in [1.807, 2.05) is 0 Å². The van der Waals surface area contributed by atoms with Gasteiger partial charge >= 0.3 is 6.18 Å². The van der Waals surface area contributed by atoms with Gasteiger partial charge in [0.05, 0.1) is 23.0 Å². The average Bonchev–Trinajstić information content (AvgIpc) is 2.40. The topological polar surface area (TPSA) is 42.0 Å². The summed E-state index contributed by atoms with van der Waals surface area (Å²) < 4.78 is 51.2. The molecule has 1 N–H and O–H groups in total. The minimum absolute atomic E-state index is 0.179. The maximum atomic E-state index is 13.5. The Labute approximate surface area is 121 Å². The van der Waals surface area contributed by atoms with Crippen LogP contribution in [0, 0.1) is 5.82 Å². The fourth-order valence-electron chi connectivity index (χ4n) is 1.52. The van der Waals surface area contributed by atoms with E-state index in [0.717, 1.165) is 0 Å². The van der Waals surface area contributed by atoms with Gasteiger partial charge in [0.2, 0.25) is 0 Å². The molecule has 1 aromatic heterocycles. The van der Waals surface area contributed by atoms with Crippen LogP contribution >= 0.6 is 11.6 Å². The molecule has 2 rings (SSSR count). The van der Waals surface area contributed by atoms with Gasteiger partial charge in [-0.1, -0.05) is 11.6 Å². The number of aromatic nitrogens is 1. The van der Waals surface area contributed by atoms with E-state index >= 15 is 0 Å². The summed E-state index contributed by atoms with van der Waals surface area (Å²) in [4.78, 5) is 15.5. The van der Waals surface area contributed by atoms with E-state index in [2.05, 4.69) is 10.3 Å². The number of benzene rings is 1. The molecule has 0 aliphatic rings. The molecule has 0 unspecified atom stereocenters. The fourth-order valence-corrected chi connectivity index (χ4v) is 1.64. The van der Waals surface area contributed by atoms with Gasteiger partial charge in [-0.3, -0.25) is 4.79 Å². The van der Waals surface area contributed by atoms with Crippen molar-refractivity contribution in [2.45, 2.75) is 6.18 Å². The quantitative estimate of drug-likeness (QED) is 0.668. The van der Waals surface area contributed by atoms with Crippen molar-refractivity contribution >= 4 is 23.2 Å². The molecule has 0 atom stereocenters. The number of anilines is 1. The first kappa shape index (κ1) is 15.2. The van der Waals surface area contributed by atoms with Crippen molar-refractivity contribution in [1.29, 1.82) is 0 Å². The van der Waals surface area contributed by atoms with Crippen LogP contribution < -0.4 is 5.32 Å². The minimum atomic E-state index is -4.66. The standard InChI is InChI=1S/C13H7ClF4N2O/c14-11-4-2-8(6-19-11)20-12(21)9-5-7(13(16,17)18)1-3-10(9)15/h1-6H,(H,20,21). The largest absolute Gasteiger partial charge is 0.416 e. The summed E-state index contributed by atoms with van der Waals surface area (Å²) in [6.45, 7) is 0. The highest BCUT2D eigenvalue weighted by Gasteiger charge is 2.31. The monoisotopic (exact) mass is 318 g/mol. The highest BCUT2D eigenvalue weighted by Crippen LogP contribution is 2.30. The molecule has 0 saturated carbocycles. The lowest BCUT2D eigenvalue weighted by Crippen LogP contribution is -2.16. The second kappa shape index (κ2) is 5.69. The number of nitrogens with zero attached hydrogens (tertiary/aromatic N) is 1. The Morgan fingerprint density at radius 3 is 2.48 bits per heavy atom. The van der Waals surface area contributed by atoms with E-state index in [0.29, 0.717) is 18.2 Å². The molecule has 0 spiro atoms. The Morgan fingerprint density at radius 2 is 1.90 bits per heavy atom. The van der Waals surface area contributed by atoms with Crippen molar-refractivity contribution in [3.05, 3.63) is 58.6 Å². The molecule has 0 aliphatic carbocycles. The zero-order valence-electron chi connectivity index (χ0n) is 10.2. The molecule has 1 aromatic carbocycles. The van der Waals surface area contributed by atoms with E-state index in [1.54, 1.807) is 0 Å². The number of hydrogen-bond donors (Lipinski definition) is 1. The van der Waals surface area contributed by atoms with Gasteiger partial charge in [0.15, 0.2) is 0 Å². The van der Waals surface area contributed by atoms with Crippen LogP contribution in [0.4, 0.5) is 23.2 Å². The molecular formula is C13H7ClF4N2O. The van der Waals surface area contributed by atoms with Gasteiger partial charge < -0.3 is 5.32 Å². The number of amides is 1. The summed E-state index contributed by atoms with van der Waals surface area (Å²) >= 11 is 5.55. The third kappa shape index (κ3) is 3.69. The summed E-state index contributed by atoms with van der Waals surface area (Å²) in [5, 5.41) is 2.42. The molecule has 21 heavy (non-hydrogen) atoms. The zero-order chi connectivity index (χ0) is 15.6. The lowest BCUT2D eigenvalue weighted by molar-refractivity contribution is -0.137. The number of carbonyl (C=O) groups is 1. The minimum Gasteiger partial charge on any atom is -0.320 e. The van der Waals surface area contributed by atoms with Gasteiger partial charge in [0.1, 0.15) is 11.0 Å². The summed E-state index contributed by atoms with van der Waals surface area (Å²) in [6.07, 6.45) is -3.46. The first-order valence-corrected chi connectivity index (χ1v) is 5.95. The molecule has 0 aliphatic heterocycles. The Hall–Kier alpha value is -2.15. The first-order chi connectivity index (χ1) is 9.77.